The van der Waals surface area contributed by atoms with Crippen molar-refractivity contribution >= 4 is 11.8 Å². The summed E-state index contributed by atoms with van der Waals surface area (Å²) in [4.78, 5) is 25.3. The zero-order valence-corrected chi connectivity index (χ0v) is 11.7. The summed E-state index contributed by atoms with van der Waals surface area (Å²) in [5.74, 6) is 0.429. The Kier molecular flexibility index (Phi) is 6.12. The molecule has 0 spiro atoms. The second kappa shape index (κ2) is 7.36. The SMILES string of the molecule is CCCNC1CCN(CC(=O)NCC(C)C)C1=O. The Morgan fingerprint density at radius 3 is 2.83 bits per heavy atom. The average molecular weight is 255 g/mol. The standard InChI is InChI=1S/C13H25N3O2/c1-4-6-14-11-5-7-16(13(11)18)9-12(17)15-8-10(2)3/h10-11,14H,4-9H2,1-3H3,(H,15,17). The minimum absolute atomic E-state index is 0.0585. The van der Waals surface area contributed by atoms with Crippen molar-refractivity contribution in [3.8, 4) is 0 Å². The number of hydrogen-bond acceptors (Lipinski definition) is 3. The van der Waals surface area contributed by atoms with E-state index in [9.17, 15) is 9.59 Å². The van der Waals surface area contributed by atoms with Crippen LogP contribution in [0, 0.1) is 5.92 Å². The van der Waals surface area contributed by atoms with Crippen molar-refractivity contribution in [3.63, 3.8) is 0 Å². The van der Waals surface area contributed by atoms with E-state index < -0.39 is 0 Å². The lowest BCUT2D eigenvalue weighted by Crippen LogP contribution is -2.43. The first-order chi connectivity index (χ1) is 8.54. The van der Waals surface area contributed by atoms with Gasteiger partial charge in [-0.1, -0.05) is 20.8 Å². The first-order valence-electron chi connectivity index (χ1n) is 6.83. The molecule has 0 radical (unpaired) electrons. The summed E-state index contributed by atoms with van der Waals surface area (Å²) >= 11 is 0. The molecule has 0 aromatic heterocycles. The van der Waals surface area contributed by atoms with Gasteiger partial charge in [0.15, 0.2) is 0 Å². The summed E-state index contributed by atoms with van der Waals surface area (Å²) in [5, 5.41) is 6.05. The average Bonchev–Trinajstić information content (AvgIpc) is 2.66. The van der Waals surface area contributed by atoms with Crippen molar-refractivity contribution in [1.82, 2.24) is 15.5 Å². The molecule has 5 heteroatoms. The van der Waals surface area contributed by atoms with Crippen LogP contribution in [0.2, 0.25) is 0 Å². The maximum absolute atomic E-state index is 12.0. The third kappa shape index (κ3) is 4.64. The summed E-state index contributed by atoms with van der Waals surface area (Å²) in [6.07, 6.45) is 1.81. The quantitative estimate of drug-likeness (QED) is 0.690. The van der Waals surface area contributed by atoms with Crippen LogP contribution in [-0.4, -0.2) is 48.9 Å². The van der Waals surface area contributed by atoms with E-state index >= 15 is 0 Å². The molecule has 104 valence electrons. The van der Waals surface area contributed by atoms with E-state index in [2.05, 4.69) is 17.6 Å². The third-order valence-corrected chi connectivity index (χ3v) is 2.98. The minimum atomic E-state index is -0.0946. The van der Waals surface area contributed by atoms with Gasteiger partial charge in [-0.2, -0.15) is 0 Å². The van der Waals surface area contributed by atoms with Crippen LogP contribution in [0.15, 0.2) is 0 Å². The summed E-state index contributed by atoms with van der Waals surface area (Å²) in [6, 6.07) is -0.0946. The van der Waals surface area contributed by atoms with Gasteiger partial charge in [0.05, 0.1) is 12.6 Å². The predicted molar refractivity (Wildman–Crippen MR) is 71.1 cm³/mol. The van der Waals surface area contributed by atoms with E-state index in [1.807, 2.05) is 13.8 Å². The highest BCUT2D eigenvalue weighted by Gasteiger charge is 2.31. The Morgan fingerprint density at radius 2 is 2.22 bits per heavy atom. The van der Waals surface area contributed by atoms with Crippen molar-refractivity contribution in [2.45, 2.75) is 39.7 Å². The molecule has 0 saturated carbocycles. The lowest BCUT2D eigenvalue weighted by Gasteiger charge is -2.17. The zero-order valence-electron chi connectivity index (χ0n) is 11.7. The van der Waals surface area contributed by atoms with Crippen LogP contribution >= 0.6 is 0 Å². The van der Waals surface area contributed by atoms with Crippen molar-refractivity contribution in [1.29, 1.82) is 0 Å². The molecule has 1 atom stereocenters. The van der Waals surface area contributed by atoms with E-state index in [1.54, 1.807) is 4.90 Å². The summed E-state index contributed by atoms with van der Waals surface area (Å²) in [5.41, 5.74) is 0. The van der Waals surface area contributed by atoms with Crippen LogP contribution in [0.3, 0.4) is 0 Å². The van der Waals surface area contributed by atoms with Gasteiger partial charge in [-0.05, 0) is 25.3 Å². The highest BCUT2D eigenvalue weighted by Crippen LogP contribution is 2.10. The van der Waals surface area contributed by atoms with Crippen LogP contribution in [0.4, 0.5) is 0 Å². The van der Waals surface area contributed by atoms with Crippen molar-refractivity contribution < 1.29 is 9.59 Å². The third-order valence-electron chi connectivity index (χ3n) is 2.98. The van der Waals surface area contributed by atoms with Gasteiger partial charge >= 0.3 is 0 Å². The molecule has 1 aliphatic heterocycles. The van der Waals surface area contributed by atoms with Crippen molar-refractivity contribution in [2.75, 3.05) is 26.2 Å². The molecule has 1 fully saturated rings. The Morgan fingerprint density at radius 1 is 1.50 bits per heavy atom. The molecule has 0 aliphatic carbocycles. The number of rotatable bonds is 7. The fraction of sp³-hybridized carbons (Fsp3) is 0.846. The Labute approximate surface area is 109 Å². The van der Waals surface area contributed by atoms with E-state index in [4.69, 9.17) is 0 Å². The molecule has 0 aromatic carbocycles. The number of carbonyl (C=O) groups is 2. The molecule has 1 aliphatic rings. The predicted octanol–water partition coefficient (Wildman–Crippen LogP) is 0.359. The molecule has 0 aromatic rings. The minimum Gasteiger partial charge on any atom is -0.354 e. The van der Waals surface area contributed by atoms with Crippen LogP contribution in [0.25, 0.3) is 0 Å². The maximum Gasteiger partial charge on any atom is 0.240 e. The Balaban J connectivity index is 2.31. The monoisotopic (exact) mass is 255 g/mol. The van der Waals surface area contributed by atoms with Gasteiger partial charge in [0.1, 0.15) is 0 Å². The number of nitrogens with one attached hydrogen (secondary N) is 2. The van der Waals surface area contributed by atoms with E-state index in [1.165, 1.54) is 0 Å². The van der Waals surface area contributed by atoms with Gasteiger partial charge in [0.25, 0.3) is 0 Å². The molecule has 2 amide bonds. The van der Waals surface area contributed by atoms with Gasteiger partial charge in [-0.25, -0.2) is 0 Å². The molecule has 2 N–H and O–H groups in total. The summed E-state index contributed by atoms with van der Waals surface area (Å²) in [7, 11) is 0. The Hall–Kier alpha value is -1.10. The van der Waals surface area contributed by atoms with Gasteiger partial charge in [0, 0.05) is 13.1 Å². The van der Waals surface area contributed by atoms with Crippen LogP contribution in [0.1, 0.15) is 33.6 Å². The summed E-state index contributed by atoms with van der Waals surface area (Å²) in [6.45, 7) is 8.55. The van der Waals surface area contributed by atoms with Gasteiger partial charge in [0.2, 0.25) is 11.8 Å². The van der Waals surface area contributed by atoms with E-state index in [-0.39, 0.29) is 24.4 Å². The lowest BCUT2D eigenvalue weighted by molar-refractivity contribution is -0.134. The number of likely N-dealkylation sites (tertiary alicyclic amines) is 1. The molecule has 0 bridgehead atoms. The summed E-state index contributed by atoms with van der Waals surface area (Å²) < 4.78 is 0. The molecule has 1 heterocycles. The number of carbonyl (C=O) groups excluding carboxylic acids is 2. The molecular weight excluding hydrogens is 230 g/mol. The van der Waals surface area contributed by atoms with Gasteiger partial charge in [-0.3, -0.25) is 9.59 Å². The highest BCUT2D eigenvalue weighted by molar-refractivity contribution is 5.89. The molecule has 1 unspecified atom stereocenters. The topological polar surface area (TPSA) is 61.4 Å². The number of amides is 2. The first-order valence-corrected chi connectivity index (χ1v) is 6.83. The first kappa shape index (κ1) is 15.0. The van der Waals surface area contributed by atoms with Gasteiger partial charge in [-0.15, -0.1) is 0 Å². The van der Waals surface area contributed by atoms with E-state index in [0.29, 0.717) is 19.0 Å². The zero-order chi connectivity index (χ0) is 13.5. The number of hydrogen-bond donors (Lipinski definition) is 2. The van der Waals surface area contributed by atoms with Gasteiger partial charge < -0.3 is 15.5 Å². The van der Waals surface area contributed by atoms with Crippen LogP contribution in [-0.2, 0) is 9.59 Å². The van der Waals surface area contributed by atoms with E-state index in [0.717, 1.165) is 19.4 Å². The lowest BCUT2D eigenvalue weighted by atomic mass is 10.2. The molecule has 1 saturated heterocycles. The van der Waals surface area contributed by atoms with Crippen molar-refractivity contribution in [2.24, 2.45) is 5.92 Å². The smallest absolute Gasteiger partial charge is 0.240 e. The van der Waals surface area contributed by atoms with Crippen molar-refractivity contribution in [3.05, 3.63) is 0 Å². The highest BCUT2D eigenvalue weighted by atomic mass is 16.2. The normalized spacial score (nSPS) is 19.7. The van der Waals surface area contributed by atoms with Crippen LogP contribution in [0.5, 0.6) is 0 Å². The molecule has 1 rings (SSSR count). The Bertz CT molecular complexity index is 292. The molecule has 18 heavy (non-hydrogen) atoms. The second-order valence-electron chi connectivity index (χ2n) is 5.25. The fourth-order valence-corrected chi connectivity index (χ4v) is 1.95. The number of nitrogens with zero attached hydrogens (tertiary/aromatic N) is 1. The maximum atomic E-state index is 12.0. The fourth-order valence-electron chi connectivity index (χ4n) is 1.95. The van der Waals surface area contributed by atoms with Crippen LogP contribution < -0.4 is 10.6 Å². The molecular formula is C13H25N3O2. The molecule has 5 nitrogen and oxygen atoms in total. The second-order valence-corrected chi connectivity index (χ2v) is 5.25. The largest absolute Gasteiger partial charge is 0.354 e.